The molecule has 0 amide bonds. The first-order valence-corrected chi connectivity index (χ1v) is 13.1. The smallest absolute Gasteiger partial charge is 0.339 e. The molecule has 16 heteroatoms. The van der Waals surface area contributed by atoms with Crippen LogP contribution in [0.15, 0.2) is 23.5 Å². The van der Waals surface area contributed by atoms with Crippen LogP contribution in [-0.4, -0.2) is 104 Å². The van der Waals surface area contributed by atoms with Crippen LogP contribution >= 0.6 is 0 Å². The second-order valence-corrected chi connectivity index (χ2v) is 9.90. The number of methoxy groups -OCH3 is 1. The molecule has 1 N–H and O–H groups in total. The fourth-order valence-electron chi connectivity index (χ4n) is 5.05. The Morgan fingerprint density at radius 3 is 1.98 bits per heavy atom. The van der Waals surface area contributed by atoms with E-state index in [0.717, 1.165) is 41.1 Å². The third kappa shape index (κ3) is 7.88. The van der Waals surface area contributed by atoms with Gasteiger partial charge in [-0.1, -0.05) is 6.08 Å². The van der Waals surface area contributed by atoms with Crippen molar-refractivity contribution in [2.24, 2.45) is 5.92 Å². The molecule has 3 aliphatic rings. The van der Waals surface area contributed by atoms with Crippen molar-refractivity contribution in [3.05, 3.63) is 23.5 Å². The van der Waals surface area contributed by atoms with E-state index >= 15 is 0 Å². The maximum absolute atomic E-state index is 12.5. The van der Waals surface area contributed by atoms with Gasteiger partial charge in [-0.25, -0.2) is 4.79 Å². The van der Waals surface area contributed by atoms with E-state index in [9.17, 15) is 33.9 Å². The first-order valence-electron chi connectivity index (χ1n) is 13.1. The lowest BCUT2D eigenvalue weighted by Crippen LogP contribution is -2.64. The molecule has 0 aromatic heterocycles. The number of ether oxygens (including phenoxy) is 9. The van der Waals surface area contributed by atoms with Gasteiger partial charge in [-0.05, 0) is 12.0 Å². The molecule has 43 heavy (non-hydrogen) atoms. The van der Waals surface area contributed by atoms with Crippen LogP contribution in [0.1, 0.15) is 41.0 Å². The summed E-state index contributed by atoms with van der Waals surface area (Å²) in [6, 6.07) is 0. The standard InChI is InChI=1S/C27H34O16/c1-12(28)36-9-17-7-8-27(34)18(24(33)35-6)10-38-25(20(17)27)43-26-23(41-16(5)32)22(40-15(4)31)21(39-14(3)30)19(42-26)11-37-13(2)29/h7,10,19-23,25-26,34H,8-9,11H2,1-6H3. The molecular weight excluding hydrogens is 580 g/mol. The molecule has 1 saturated heterocycles. The first kappa shape index (κ1) is 33.5. The second kappa shape index (κ2) is 14.0. The van der Waals surface area contributed by atoms with Crippen LogP contribution in [0.4, 0.5) is 0 Å². The molecule has 0 bridgehead atoms. The Morgan fingerprint density at radius 1 is 0.837 bits per heavy atom. The van der Waals surface area contributed by atoms with Crippen molar-refractivity contribution in [1.29, 1.82) is 0 Å². The minimum atomic E-state index is -1.94. The quantitative estimate of drug-likeness (QED) is 0.191. The number of carbonyl (C=O) groups excluding carboxylic acids is 6. The average Bonchev–Trinajstić information content (AvgIpc) is 3.26. The molecular formula is C27H34O16. The SMILES string of the molecule is COC(=O)C1=COC(OC2OC(COC(C)=O)C(OC(C)=O)C(OC(C)=O)C2OC(C)=O)C2C(COC(C)=O)=CCC12O. The molecule has 1 aliphatic carbocycles. The Balaban J connectivity index is 2.05. The number of fused-ring (bicyclic) bond motifs is 1. The summed E-state index contributed by atoms with van der Waals surface area (Å²) in [5.74, 6) is -5.91. The molecule has 2 heterocycles. The van der Waals surface area contributed by atoms with Crippen LogP contribution in [-0.2, 0) is 71.4 Å². The van der Waals surface area contributed by atoms with E-state index in [0.29, 0.717) is 5.57 Å². The zero-order valence-corrected chi connectivity index (χ0v) is 24.4. The predicted molar refractivity (Wildman–Crippen MR) is 136 cm³/mol. The molecule has 2 aliphatic heterocycles. The van der Waals surface area contributed by atoms with Crippen LogP contribution in [0.2, 0.25) is 0 Å². The van der Waals surface area contributed by atoms with Crippen LogP contribution in [0, 0.1) is 5.92 Å². The van der Waals surface area contributed by atoms with E-state index < -0.39 is 90.9 Å². The van der Waals surface area contributed by atoms with Crippen molar-refractivity contribution in [1.82, 2.24) is 0 Å². The van der Waals surface area contributed by atoms with Gasteiger partial charge in [0.2, 0.25) is 12.6 Å². The van der Waals surface area contributed by atoms with Gasteiger partial charge < -0.3 is 47.7 Å². The van der Waals surface area contributed by atoms with E-state index in [-0.39, 0.29) is 18.6 Å². The van der Waals surface area contributed by atoms with Gasteiger partial charge in [0.15, 0.2) is 18.3 Å². The van der Waals surface area contributed by atoms with E-state index in [1.54, 1.807) is 6.08 Å². The Labute approximate surface area is 246 Å². The van der Waals surface area contributed by atoms with Gasteiger partial charge in [0, 0.05) is 34.6 Å². The van der Waals surface area contributed by atoms with Crippen molar-refractivity contribution < 1.29 is 76.5 Å². The highest BCUT2D eigenvalue weighted by Gasteiger charge is 2.59. The Bertz CT molecular complexity index is 1190. The first-order chi connectivity index (χ1) is 20.2. The summed E-state index contributed by atoms with van der Waals surface area (Å²) in [5, 5.41) is 11.7. The molecule has 8 unspecified atom stereocenters. The minimum absolute atomic E-state index is 0.114. The van der Waals surface area contributed by atoms with Crippen LogP contribution < -0.4 is 0 Å². The molecule has 0 aromatic carbocycles. The van der Waals surface area contributed by atoms with Crippen LogP contribution in [0.3, 0.4) is 0 Å². The highest BCUT2D eigenvalue weighted by molar-refractivity contribution is 5.91. The fraction of sp³-hybridized carbons (Fsp3) is 0.630. The third-order valence-corrected chi connectivity index (χ3v) is 6.71. The molecule has 0 radical (unpaired) electrons. The molecule has 1 fully saturated rings. The summed E-state index contributed by atoms with van der Waals surface area (Å²) in [6.07, 6.45) is -6.59. The predicted octanol–water partition coefficient (Wildman–Crippen LogP) is -0.260. The van der Waals surface area contributed by atoms with Crippen molar-refractivity contribution in [3.63, 3.8) is 0 Å². The summed E-state index contributed by atoms with van der Waals surface area (Å²) < 4.78 is 48.9. The molecule has 8 atom stereocenters. The van der Waals surface area contributed by atoms with Crippen molar-refractivity contribution in [3.8, 4) is 0 Å². The van der Waals surface area contributed by atoms with Gasteiger partial charge in [-0.3, -0.25) is 24.0 Å². The molecule has 3 rings (SSSR count). The molecule has 16 nitrogen and oxygen atoms in total. The topological polar surface area (TPSA) is 206 Å². The lowest BCUT2D eigenvalue weighted by atomic mass is 9.79. The summed E-state index contributed by atoms with van der Waals surface area (Å²) >= 11 is 0. The number of hydrogen-bond donors (Lipinski definition) is 1. The highest BCUT2D eigenvalue weighted by atomic mass is 16.8. The van der Waals surface area contributed by atoms with Crippen molar-refractivity contribution in [2.75, 3.05) is 20.3 Å². The molecule has 0 spiro atoms. The summed E-state index contributed by atoms with van der Waals surface area (Å²) in [7, 11) is 1.11. The van der Waals surface area contributed by atoms with E-state index in [2.05, 4.69) is 0 Å². The lowest BCUT2D eigenvalue weighted by molar-refractivity contribution is -0.345. The van der Waals surface area contributed by atoms with Gasteiger partial charge in [0.1, 0.15) is 30.5 Å². The van der Waals surface area contributed by atoms with Gasteiger partial charge in [-0.2, -0.15) is 0 Å². The molecule has 238 valence electrons. The maximum Gasteiger partial charge on any atom is 0.339 e. The van der Waals surface area contributed by atoms with E-state index in [4.69, 9.17) is 42.6 Å². The van der Waals surface area contributed by atoms with Crippen molar-refractivity contribution in [2.45, 2.75) is 83.6 Å². The second-order valence-electron chi connectivity index (χ2n) is 9.90. The summed E-state index contributed by atoms with van der Waals surface area (Å²) in [6.45, 7) is 4.73. The largest absolute Gasteiger partial charge is 0.471 e. The van der Waals surface area contributed by atoms with Crippen molar-refractivity contribution >= 4 is 35.8 Å². The Kier molecular flexibility index (Phi) is 10.9. The fourth-order valence-corrected chi connectivity index (χ4v) is 5.05. The van der Waals surface area contributed by atoms with Gasteiger partial charge in [0.05, 0.1) is 19.3 Å². The van der Waals surface area contributed by atoms with Gasteiger partial charge in [-0.15, -0.1) is 0 Å². The maximum atomic E-state index is 12.5. The number of aliphatic hydroxyl groups is 1. The monoisotopic (exact) mass is 614 g/mol. The highest BCUT2D eigenvalue weighted by Crippen LogP contribution is 2.48. The molecule has 0 saturated carbocycles. The normalized spacial score (nSPS) is 31.2. The summed E-state index contributed by atoms with van der Waals surface area (Å²) in [4.78, 5) is 71.9. The van der Waals surface area contributed by atoms with Gasteiger partial charge in [0.25, 0.3) is 0 Å². The van der Waals surface area contributed by atoms with Crippen LogP contribution in [0.5, 0.6) is 0 Å². The van der Waals surface area contributed by atoms with Crippen LogP contribution in [0.25, 0.3) is 0 Å². The Morgan fingerprint density at radius 2 is 1.42 bits per heavy atom. The summed E-state index contributed by atoms with van der Waals surface area (Å²) in [5.41, 5.74) is -1.86. The number of carbonyl (C=O) groups is 6. The number of rotatable bonds is 10. The van der Waals surface area contributed by atoms with E-state index in [1.165, 1.54) is 6.92 Å². The number of esters is 6. The zero-order valence-electron chi connectivity index (χ0n) is 24.4. The molecule has 0 aromatic rings. The third-order valence-electron chi connectivity index (χ3n) is 6.71. The van der Waals surface area contributed by atoms with Gasteiger partial charge >= 0.3 is 35.8 Å². The lowest BCUT2D eigenvalue weighted by Gasteiger charge is -2.46. The average molecular weight is 615 g/mol. The van der Waals surface area contributed by atoms with E-state index in [1.807, 2.05) is 0 Å². The zero-order chi connectivity index (χ0) is 32.1. The Hall–Kier alpha value is -4.02. The number of hydrogen-bond acceptors (Lipinski definition) is 16. The minimum Gasteiger partial charge on any atom is -0.471 e.